The van der Waals surface area contributed by atoms with E-state index in [2.05, 4.69) is 0 Å². The zero-order valence-corrected chi connectivity index (χ0v) is 9.59. The lowest BCUT2D eigenvalue weighted by molar-refractivity contribution is 0.299. The van der Waals surface area contributed by atoms with Gasteiger partial charge in [-0.15, -0.1) is 0 Å². The summed E-state index contributed by atoms with van der Waals surface area (Å²) in [5.74, 6) is -0.864. The summed E-state index contributed by atoms with van der Waals surface area (Å²) in [6.07, 6.45) is 5.20. The highest BCUT2D eigenvalue weighted by molar-refractivity contribution is 5.39. The van der Waals surface area contributed by atoms with Crippen LogP contribution in [0, 0.1) is 12.7 Å². The summed E-state index contributed by atoms with van der Waals surface area (Å²) >= 11 is 0. The van der Waals surface area contributed by atoms with Gasteiger partial charge in [0.2, 0.25) is 0 Å². The van der Waals surface area contributed by atoms with Gasteiger partial charge in [-0.05, 0) is 43.0 Å². The Morgan fingerprint density at radius 2 is 1.88 bits per heavy atom. The van der Waals surface area contributed by atoms with Crippen molar-refractivity contribution in [2.24, 2.45) is 5.73 Å². The van der Waals surface area contributed by atoms with Crippen LogP contribution in [0.2, 0.25) is 0 Å². The Labute approximate surface area is 95.3 Å². The molecule has 0 atom stereocenters. The van der Waals surface area contributed by atoms with E-state index in [1.54, 1.807) is 0 Å². The monoisotopic (exact) mass is 223 g/mol. The molecular formula is C13H18FNO. The van der Waals surface area contributed by atoms with Gasteiger partial charge in [0.25, 0.3) is 0 Å². The SMILES string of the molecule is Cc1cc(O)c(F)cc1C1(N)CCCCC1. The van der Waals surface area contributed by atoms with Crippen LogP contribution in [0.3, 0.4) is 0 Å². The first-order valence-corrected chi connectivity index (χ1v) is 5.81. The fraction of sp³-hybridized carbons (Fsp3) is 0.538. The number of hydrogen-bond donors (Lipinski definition) is 2. The summed E-state index contributed by atoms with van der Waals surface area (Å²) in [5.41, 5.74) is 7.67. The molecule has 2 nitrogen and oxygen atoms in total. The molecule has 0 spiro atoms. The predicted molar refractivity (Wildman–Crippen MR) is 61.8 cm³/mol. The van der Waals surface area contributed by atoms with Crippen LogP contribution < -0.4 is 5.73 Å². The Hall–Kier alpha value is -1.09. The second-order valence-corrected chi connectivity index (χ2v) is 4.84. The highest BCUT2D eigenvalue weighted by atomic mass is 19.1. The van der Waals surface area contributed by atoms with E-state index in [0.29, 0.717) is 0 Å². The Kier molecular flexibility index (Phi) is 2.89. The van der Waals surface area contributed by atoms with Gasteiger partial charge in [0.15, 0.2) is 11.6 Å². The Balaban J connectivity index is 2.42. The summed E-state index contributed by atoms with van der Waals surface area (Å²) in [6, 6.07) is 2.86. The third-order valence-corrected chi connectivity index (χ3v) is 3.58. The van der Waals surface area contributed by atoms with Crippen molar-refractivity contribution in [3.8, 4) is 5.75 Å². The topological polar surface area (TPSA) is 46.2 Å². The molecule has 0 radical (unpaired) electrons. The van der Waals surface area contributed by atoms with Crippen molar-refractivity contribution in [3.63, 3.8) is 0 Å². The molecule has 1 aliphatic carbocycles. The predicted octanol–water partition coefficient (Wildman–Crippen LogP) is 2.96. The molecule has 1 saturated carbocycles. The molecular weight excluding hydrogens is 205 g/mol. The van der Waals surface area contributed by atoms with Gasteiger partial charge in [0, 0.05) is 5.54 Å². The molecule has 0 bridgehead atoms. The first kappa shape index (κ1) is 11.4. The number of rotatable bonds is 1. The molecule has 0 amide bonds. The van der Waals surface area contributed by atoms with Gasteiger partial charge in [-0.3, -0.25) is 0 Å². The molecule has 3 heteroatoms. The number of aryl methyl sites for hydroxylation is 1. The highest BCUT2D eigenvalue weighted by Crippen LogP contribution is 2.37. The summed E-state index contributed by atoms with van der Waals surface area (Å²) < 4.78 is 13.4. The van der Waals surface area contributed by atoms with Crippen molar-refractivity contribution in [2.75, 3.05) is 0 Å². The third-order valence-electron chi connectivity index (χ3n) is 3.58. The average Bonchev–Trinajstić information content (AvgIpc) is 2.24. The van der Waals surface area contributed by atoms with Crippen LogP contribution in [-0.2, 0) is 5.54 Å². The number of benzene rings is 1. The van der Waals surface area contributed by atoms with Crippen LogP contribution in [0.15, 0.2) is 12.1 Å². The molecule has 2 rings (SSSR count). The zero-order chi connectivity index (χ0) is 11.8. The maximum absolute atomic E-state index is 13.4. The number of halogens is 1. The second-order valence-electron chi connectivity index (χ2n) is 4.84. The van der Waals surface area contributed by atoms with Crippen molar-refractivity contribution in [2.45, 2.75) is 44.6 Å². The standard InChI is InChI=1S/C13H18FNO/c1-9-7-12(16)11(14)8-10(9)13(15)5-3-2-4-6-13/h7-8,16H,2-6,15H2,1H3. The molecule has 3 N–H and O–H groups in total. The maximum Gasteiger partial charge on any atom is 0.165 e. The molecule has 16 heavy (non-hydrogen) atoms. The molecule has 0 saturated heterocycles. The van der Waals surface area contributed by atoms with E-state index in [1.807, 2.05) is 6.92 Å². The summed E-state index contributed by atoms with van der Waals surface area (Å²) in [6.45, 7) is 1.87. The van der Waals surface area contributed by atoms with Gasteiger partial charge in [-0.1, -0.05) is 19.3 Å². The van der Waals surface area contributed by atoms with Crippen LogP contribution >= 0.6 is 0 Å². The quantitative estimate of drug-likeness (QED) is 0.768. The van der Waals surface area contributed by atoms with E-state index in [0.717, 1.165) is 36.8 Å². The van der Waals surface area contributed by atoms with Crippen LogP contribution in [-0.4, -0.2) is 5.11 Å². The third kappa shape index (κ3) is 1.92. The molecule has 1 aromatic rings. The number of phenols is 1. The molecule has 88 valence electrons. The van der Waals surface area contributed by atoms with Gasteiger partial charge in [0.1, 0.15) is 0 Å². The minimum atomic E-state index is -0.573. The lowest BCUT2D eigenvalue weighted by atomic mass is 9.76. The molecule has 0 unspecified atom stereocenters. The molecule has 0 aromatic heterocycles. The van der Waals surface area contributed by atoms with Gasteiger partial charge >= 0.3 is 0 Å². The van der Waals surface area contributed by atoms with E-state index < -0.39 is 11.4 Å². The Morgan fingerprint density at radius 3 is 2.50 bits per heavy atom. The van der Waals surface area contributed by atoms with E-state index in [1.165, 1.54) is 18.6 Å². The van der Waals surface area contributed by atoms with Crippen LogP contribution in [0.1, 0.15) is 43.2 Å². The van der Waals surface area contributed by atoms with Crippen molar-refractivity contribution >= 4 is 0 Å². The van der Waals surface area contributed by atoms with E-state index in [-0.39, 0.29) is 5.75 Å². The average molecular weight is 223 g/mol. The molecule has 1 fully saturated rings. The minimum absolute atomic E-state index is 0.291. The highest BCUT2D eigenvalue weighted by Gasteiger charge is 2.31. The zero-order valence-electron chi connectivity index (χ0n) is 9.59. The lowest BCUT2D eigenvalue weighted by Gasteiger charge is -2.35. The van der Waals surface area contributed by atoms with Crippen LogP contribution in [0.25, 0.3) is 0 Å². The number of phenolic OH excluding ortho intramolecular Hbond substituents is 1. The number of hydrogen-bond acceptors (Lipinski definition) is 2. The van der Waals surface area contributed by atoms with E-state index in [9.17, 15) is 9.50 Å². The fourth-order valence-corrected chi connectivity index (χ4v) is 2.65. The lowest BCUT2D eigenvalue weighted by Crippen LogP contribution is -2.39. The summed E-state index contributed by atoms with van der Waals surface area (Å²) in [5, 5.41) is 9.29. The number of aromatic hydroxyl groups is 1. The number of nitrogens with two attached hydrogens (primary N) is 1. The Bertz CT molecular complexity index is 397. The van der Waals surface area contributed by atoms with Crippen molar-refractivity contribution < 1.29 is 9.50 Å². The molecule has 1 aromatic carbocycles. The van der Waals surface area contributed by atoms with Gasteiger partial charge < -0.3 is 10.8 Å². The summed E-state index contributed by atoms with van der Waals surface area (Å²) in [4.78, 5) is 0. The van der Waals surface area contributed by atoms with Crippen molar-refractivity contribution in [1.29, 1.82) is 0 Å². The van der Waals surface area contributed by atoms with Gasteiger partial charge in [0.05, 0.1) is 0 Å². The summed E-state index contributed by atoms with van der Waals surface area (Å²) in [7, 11) is 0. The van der Waals surface area contributed by atoms with Crippen LogP contribution in [0.4, 0.5) is 4.39 Å². The van der Waals surface area contributed by atoms with Gasteiger partial charge in [-0.2, -0.15) is 0 Å². The minimum Gasteiger partial charge on any atom is -0.505 e. The van der Waals surface area contributed by atoms with E-state index >= 15 is 0 Å². The van der Waals surface area contributed by atoms with Gasteiger partial charge in [-0.25, -0.2) is 4.39 Å². The maximum atomic E-state index is 13.4. The molecule has 0 aliphatic heterocycles. The smallest absolute Gasteiger partial charge is 0.165 e. The Morgan fingerprint density at radius 1 is 1.25 bits per heavy atom. The fourth-order valence-electron chi connectivity index (χ4n) is 2.65. The first-order valence-electron chi connectivity index (χ1n) is 5.81. The normalized spacial score (nSPS) is 19.7. The second kappa shape index (κ2) is 4.06. The van der Waals surface area contributed by atoms with E-state index in [4.69, 9.17) is 5.73 Å². The largest absolute Gasteiger partial charge is 0.505 e. The van der Waals surface area contributed by atoms with Crippen molar-refractivity contribution in [3.05, 3.63) is 29.1 Å². The van der Waals surface area contributed by atoms with Crippen LogP contribution in [0.5, 0.6) is 5.75 Å². The first-order chi connectivity index (χ1) is 7.53. The molecule has 1 aliphatic rings. The molecule has 0 heterocycles. The van der Waals surface area contributed by atoms with Crippen molar-refractivity contribution in [1.82, 2.24) is 0 Å².